The van der Waals surface area contributed by atoms with Crippen LogP contribution < -0.4 is 0 Å². The van der Waals surface area contributed by atoms with Gasteiger partial charge in [-0.15, -0.1) is 0 Å². The highest BCUT2D eigenvalue weighted by molar-refractivity contribution is 5.84. The predicted octanol–water partition coefficient (Wildman–Crippen LogP) is 7.46. The molecule has 0 aliphatic carbocycles. The minimum absolute atomic E-state index is 0.865. The van der Waals surface area contributed by atoms with Crippen molar-refractivity contribution in [3.63, 3.8) is 0 Å². The van der Waals surface area contributed by atoms with E-state index in [2.05, 4.69) is 103 Å². The van der Waals surface area contributed by atoms with Crippen LogP contribution in [0.4, 0.5) is 0 Å². The highest BCUT2D eigenvalue weighted by Gasteiger charge is 2.20. The van der Waals surface area contributed by atoms with Gasteiger partial charge in [0.25, 0.3) is 0 Å². The Hall–Kier alpha value is -3.65. The second kappa shape index (κ2) is 8.00. The van der Waals surface area contributed by atoms with Gasteiger partial charge < -0.3 is 4.57 Å². The van der Waals surface area contributed by atoms with Gasteiger partial charge in [0.05, 0.1) is 11.1 Å². The molecule has 0 unspecified atom stereocenters. The maximum absolute atomic E-state index is 6.34. The van der Waals surface area contributed by atoms with Gasteiger partial charge in [-0.25, -0.2) is 4.42 Å². The van der Waals surface area contributed by atoms with Gasteiger partial charge in [-0.1, -0.05) is 54.6 Å². The van der Waals surface area contributed by atoms with Crippen LogP contribution in [-0.2, 0) is 13.0 Å². The van der Waals surface area contributed by atoms with E-state index in [-0.39, 0.29) is 0 Å². The summed E-state index contributed by atoms with van der Waals surface area (Å²) in [6.07, 6.45) is 3.16. The Kier molecular flexibility index (Phi) is 4.90. The van der Waals surface area contributed by atoms with Crippen LogP contribution in [0.2, 0.25) is 0 Å². The van der Waals surface area contributed by atoms with Gasteiger partial charge in [-0.3, -0.25) is 0 Å². The Labute approximate surface area is 177 Å². The van der Waals surface area contributed by atoms with Crippen molar-refractivity contribution in [1.29, 1.82) is 0 Å². The van der Waals surface area contributed by atoms with Crippen molar-refractivity contribution in [1.82, 2.24) is 4.57 Å². The number of fused-ring (bicyclic) bond motifs is 1. The summed E-state index contributed by atoms with van der Waals surface area (Å²) in [5.74, 6) is 1.79. The van der Waals surface area contributed by atoms with E-state index in [0.717, 1.165) is 35.6 Å². The summed E-state index contributed by atoms with van der Waals surface area (Å²) in [7, 11) is 0. The third-order valence-corrected chi connectivity index (χ3v) is 5.58. The molecule has 2 heterocycles. The molecule has 0 bridgehead atoms. The first-order chi connectivity index (χ1) is 14.8. The molecule has 0 aliphatic rings. The van der Waals surface area contributed by atoms with Gasteiger partial charge >= 0.3 is 11.5 Å². The van der Waals surface area contributed by atoms with Crippen LogP contribution in [0.3, 0.4) is 0 Å². The maximum atomic E-state index is 6.34. The molecule has 0 saturated heterocycles. The first-order valence-electron chi connectivity index (χ1n) is 10.5. The molecule has 0 saturated carbocycles. The van der Waals surface area contributed by atoms with E-state index >= 15 is 0 Å². The molecule has 2 aromatic heterocycles. The van der Waals surface area contributed by atoms with Crippen LogP contribution in [0.5, 0.6) is 0 Å². The Morgan fingerprint density at radius 1 is 0.700 bits per heavy atom. The lowest BCUT2D eigenvalue weighted by atomic mass is 10.0. The molecule has 0 amide bonds. The lowest BCUT2D eigenvalue weighted by molar-refractivity contribution is 0.580. The molecule has 0 fully saturated rings. The Balaban J connectivity index is 1.63. The van der Waals surface area contributed by atoms with Gasteiger partial charge in [0, 0.05) is 42.2 Å². The highest BCUT2D eigenvalue weighted by Crippen LogP contribution is 2.31. The molecule has 0 spiro atoms. The number of hydrogen-bond donors (Lipinski definition) is 0. The Bertz CT molecular complexity index is 1230. The van der Waals surface area contributed by atoms with Crippen molar-refractivity contribution in [2.24, 2.45) is 0 Å². The van der Waals surface area contributed by atoms with Crippen molar-refractivity contribution >= 4 is 10.9 Å². The Morgan fingerprint density at radius 2 is 1.27 bits per heavy atom. The third-order valence-electron chi connectivity index (χ3n) is 5.58. The van der Waals surface area contributed by atoms with Crippen molar-refractivity contribution in [3.05, 3.63) is 114 Å². The normalized spacial score (nSPS) is 11.1. The molecular formula is C28H24NO+. The highest BCUT2D eigenvalue weighted by atomic mass is 16.3. The largest absolute Gasteiger partial charge is 0.361 e. The minimum Gasteiger partial charge on any atom is -0.347 e. The molecule has 2 heteroatoms. The molecule has 3 aromatic carbocycles. The Morgan fingerprint density at radius 3 is 1.87 bits per heavy atom. The van der Waals surface area contributed by atoms with E-state index in [0.29, 0.717) is 0 Å². The van der Waals surface area contributed by atoms with E-state index in [1.54, 1.807) is 0 Å². The fourth-order valence-corrected chi connectivity index (χ4v) is 4.09. The van der Waals surface area contributed by atoms with Gasteiger partial charge in [0.15, 0.2) is 0 Å². The SMILES string of the molecule is CCn1cc(Cc2cc(-c3ccccc3)[o+]c(-c3ccccc3)c2)c2ccccc21. The van der Waals surface area contributed by atoms with Gasteiger partial charge in [0.1, 0.15) is 0 Å². The number of para-hydroxylation sites is 1. The summed E-state index contributed by atoms with van der Waals surface area (Å²) in [5, 5.41) is 1.32. The lowest BCUT2D eigenvalue weighted by Crippen LogP contribution is -1.92. The fourth-order valence-electron chi connectivity index (χ4n) is 4.09. The van der Waals surface area contributed by atoms with Crippen LogP contribution >= 0.6 is 0 Å². The lowest BCUT2D eigenvalue weighted by Gasteiger charge is -2.02. The van der Waals surface area contributed by atoms with Crippen molar-refractivity contribution in [2.45, 2.75) is 19.9 Å². The molecular weight excluding hydrogens is 366 g/mol. The number of rotatable bonds is 5. The summed E-state index contributed by atoms with van der Waals surface area (Å²) in [6, 6.07) is 33.7. The second-order valence-electron chi connectivity index (χ2n) is 7.56. The zero-order valence-electron chi connectivity index (χ0n) is 17.1. The van der Waals surface area contributed by atoms with E-state index in [4.69, 9.17) is 4.42 Å². The predicted molar refractivity (Wildman–Crippen MR) is 124 cm³/mol. The summed E-state index contributed by atoms with van der Waals surface area (Å²) in [6.45, 7) is 3.16. The maximum Gasteiger partial charge on any atom is 0.361 e. The van der Waals surface area contributed by atoms with E-state index in [1.807, 2.05) is 12.1 Å². The van der Waals surface area contributed by atoms with Crippen LogP contribution in [-0.4, -0.2) is 4.57 Å². The number of aryl methyl sites for hydroxylation is 1. The summed E-state index contributed by atoms with van der Waals surface area (Å²) >= 11 is 0. The molecule has 0 atom stereocenters. The van der Waals surface area contributed by atoms with Gasteiger partial charge in [0.2, 0.25) is 0 Å². The second-order valence-corrected chi connectivity index (χ2v) is 7.56. The van der Waals surface area contributed by atoms with Crippen LogP contribution in [0.15, 0.2) is 108 Å². The first kappa shape index (κ1) is 18.4. The van der Waals surface area contributed by atoms with Gasteiger partial charge in [-0.05, 0) is 48.4 Å². The zero-order chi connectivity index (χ0) is 20.3. The summed E-state index contributed by atoms with van der Waals surface area (Å²) in [4.78, 5) is 0. The van der Waals surface area contributed by atoms with E-state index in [1.165, 1.54) is 22.0 Å². The number of aromatic nitrogens is 1. The third kappa shape index (κ3) is 3.53. The van der Waals surface area contributed by atoms with Gasteiger partial charge in [-0.2, -0.15) is 0 Å². The average molecular weight is 391 g/mol. The smallest absolute Gasteiger partial charge is 0.347 e. The van der Waals surface area contributed by atoms with Crippen LogP contribution in [0.25, 0.3) is 33.6 Å². The van der Waals surface area contributed by atoms with E-state index < -0.39 is 0 Å². The molecule has 146 valence electrons. The van der Waals surface area contributed by atoms with Crippen LogP contribution in [0.1, 0.15) is 18.1 Å². The van der Waals surface area contributed by atoms with Crippen molar-refractivity contribution in [2.75, 3.05) is 0 Å². The van der Waals surface area contributed by atoms with E-state index in [9.17, 15) is 0 Å². The number of benzene rings is 3. The van der Waals surface area contributed by atoms with Crippen molar-refractivity contribution in [3.8, 4) is 22.6 Å². The number of hydrogen-bond acceptors (Lipinski definition) is 0. The standard InChI is InChI=1S/C28H24NO/c1-2-29-20-24(25-15-9-10-16-26(25)29)17-21-18-27(22-11-5-3-6-12-22)30-28(19-21)23-13-7-4-8-14-23/h3-16,18-20H,2,17H2,1H3/q+1. The molecule has 0 aliphatic heterocycles. The minimum atomic E-state index is 0.865. The molecule has 2 nitrogen and oxygen atoms in total. The monoisotopic (exact) mass is 390 g/mol. The average Bonchev–Trinajstić information content (AvgIpc) is 3.17. The topological polar surface area (TPSA) is 16.2 Å². The quantitative estimate of drug-likeness (QED) is 0.284. The first-order valence-corrected chi connectivity index (χ1v) is 10.5. The number of nitrogens with zero attached hydrogens (tertiary/aromatic N) is 1. The summed E-state index contributed by atoms with van der Waals surface area (Å²) < 4.78 is 8.66. The fraction of sp³-hybridized carbons (Fsp3) is 0.107. The van der Waals surface area contributed by atoms with Crippen molar-refractivity contribution < 1.29 is 4.42 Å². The molecule has 30 heavy (non-hydrogen) atoms. The molecule has 0 N–H and O–H groups in total. The molecule has 5 rings (SSSR count). The van der Waals surface area contributed by atoms with Crippen LogP contribution in [0, 0.1) is 0 Å². The molecule has 0 radical (unpaired) electrons. The molecule has 5 aromatic rings. The summed E-state index contributed by atoms with van der Waals surface area (Å²) in [5.41, 5.74) is 6.07. The zero-order valence-corrected chi connectivity index (χ0v) is 17.1.